The predicted molar refractivity (Wildman–Crippen MR) is 112 cm³/mol. The first-order chi connectivity index (χ1) is 14.3. The summed E-state index contributed by atoms with van der Waals surface area (Å²) >= 11 is 0. The third-order valence-corrected chi connectivity index (χ3v) is 6.25. The van der Waals surface area contributed by atoms with Crippen LogP contribution >= 0.6 is 0 Å². The fourth-order valence-corrected chi connectivity index (χ4v) is 4.62. The molecule has 0 aromatic carbocycles. The van der Waals surface area contributed by atoms with E-state index < -0.39 is 0 Å². The molecule has 29 heavy (non-hydrogen) atoms. The Labute approximate surface area is 173 Å². The SMILES string of the molecule is O=C(NCCn1ccnc1)C1CCCN(C2CCN(Cc3cccnc3)CC2)C1. The van der Waals surface area contributed by atoms with Gasteiger partial charge < -0.3 is 9.88 Å². The average molecular weight is 397 g/mol. The molecular weight excluding hydrogens is 364 g/mol. The van der Waals surface area contributed by atoms with Crippen LogP contribution in [-0.2, 0) is 17.9 Å². The molecule has 2 aromatic rings. The van der Waals surface area contributed by atoms with Crippen molar-refractivity contribution < 1.29 is 4.79 Å². The highest BCUT2D eigenvalue weighted by atomic mass is 16.1. The molecule has 0 spiro atoms. The van der Waals surface area contributed by atoms with Crippen molar-refractivity contribution in [3.8, 4) is 0 Å². The molecule has 1 unspecified atom stereocenters. The minimum atomic E-state index is 0.125. The molecule has 4 rings (SSSR count). The quantitative estimate of drug-likeness (QED) is 0.773. The first-order valence-electron chi connectivity index (χ1n) is 10.9. The van der Waals surface area contributed by atoms with Gasteiger partial charge in [0.1, 0.15) is 0 Å². The van der Waals surface area contributed by atoms with Crippen molar-refractivity contribution in [1.82, 2.24) is 29.7 Å². The second-order valence-electron chi connectivity index (χ2n) is 8.29. The van der Waals surface area contributed by atoms with E-state index in [1.807, 2.05) is 29.2 Å². The Balaban J connectivity index is 1.20. The zero-order valence-electron chi connectivity index (χ0n) is 17.1. The van der Waals surface area contributed by atoms with Crippen LogP contribution in [0.2, 0.25) is 0 Å². The van der Waals surface area contributed by atoms with Crippen molar-refractivity contribution in [3.63, 3.8) is 0 Å². The number of carbonyl (C=O) groups excluding carboxylic acids is 1. The molecule has 2 aliphatic heterocycles. The normalized spacial score (nSPS) is 21.9. The van der Waals surface area contributed by atoms with E-state index >= 15 is 0 Å². The average Bonchev–Trinajstić information content (AvgIpc) is 3.29. The number of amides is 1. The number of carbonyl (C=O) groups is 1. The van der Waals surface area contributed by atoms with E-state index in [1.165, 1.54) is 18.4 Å². The van der Waals surface area contributed by atoms with E-state index in [2.05, 4.69) is 31.2 Å². The predicted octanol–water partition coefficient (Wildman–Crippen LogP) is 1.77. The van der Waals surface area contributed by atoms with Gasteiger partial charge in [0.05, 0.1) is 12.2 Å². The molecule has 7 heteroatoms. The van der Waals surface area contributed by atoms with Gasteiger partial charge in [0, 0.05) is 57.0 Å². The van der Waals surface area contributed by atoms with Crippen molar-refractivity contribution in [2.75, 3.05) is 32.7 Å². The van der Waals surface area contributed by atoms with E-state index in [0.717, 1.165) is 52.1 Å². The van der Waals surface area contributed by atoms with E-state index in [4.69, 9.17) is 0 Å². The Morgan fingerprint density at radius 2 is 2.03 bits per heavy atom. The highest BCUT2D eigenvalue weighted by Crippen LogP contribution is 2.24. The van der Waals surface area contributed by atoms with Crippen LogP contribution in [0.25, 0.3) is 0 Å². The molecule has 2 saturated heterocycles. The van der Waals surface area contributed by atoms with E-state index in [0.29, 0.717) is 12.6 Å². The molecule has 156 valence electrons. The third kappa shape index (κ3) is 5.64. The molecule has 1 N–H and O–H groups in total. The topological polar surface area (TPSA) is 66.3 Å². The minimum absolute atomic E-state index is 0.125. The number of imidazole rings is 1. The number of piperidine rings is 2. The first-order valence-corrected chi connectivity index (χ1v) is 10.9. The fraction of sp³-hybridized carbons (Fsp3) is 0.591. The van der Waals surface area contributed by atoms with Crippen LogP contribution in [0.3, 0.4) is 0 Å². The summed E-state index contributed by atoms with van der Waals surface area (Å²) in [4.78, 5) is 26.0. The van der Waals surface area contributed by atoms with Gasteiger partial charge >= 0.3 is 0 Å². The standard InChI is InChI=1S/C22H32N6O/c29-22(25-9-14-27-13-8-24-18-27)20-4-2-10-28(17-20)21-5-11-26(12-6-21)16-19-3-1-7-23-15-19/h1,3,7-8,13,15,18,20-21H,2,4-6,9-12,14,16-17H2,(H,25,29). The Kier molecular flexibility index (Phi) is 6.90. The zero-order valence-corrected chi connectivity index (χ0v) is 17.1. The molecular formula is C22H32N6O. The van der Waals surface area contributed by atoms with Crippen molar-refractivity contribution in [2.24, 2.45) is 5.92 Å². The second kappa shape index (κ2) is 9.98. The summed E-state index contributed by atoms with van der Waals surface area (Å²) < 4.78 is 1.99. The summed E-state index contributed by atoms with van der Waals surface area (Å²) in [5, 5.41) is 3.12. The zero-order chi connectivity index (χ0) is 19.9. The largest absolute Gasteiger partial charge is 0.354 e. The molecule has 1 atom stereocenters. The number of nitrogens with zero attached hydrogens (tertiary/aromatic N) is 5. The van der Waals surface area contributed by atoms with Crippen LogP contribution in [0, 0.1) is 5.92 Å². The lowest BCUT2D eigenvalue weighted by molar-refractivity contribution is -0.127. The molecule has 4 heterocycles. The number of nitrogens with one attached hydrogen (secondary N) is 1. The molecule has 1 amide bonds. The van der Waals surface area contributed by atoms with Gasteiger partial charge in [-0.15, -0.1) is 0 Å². The summed E-state index contributed by atoms with van der Waals surface area (Å²) in [6.45, 7) is 6.71. The summed E-state index contributed by atoms with van der Waals surface area (Å²) in [6.07, 6.45) is 13.8. The first kappa shape index (κ1) is 20.0. The van der Waals surface area contributed by atoms with Crippen LogP contribution in [-0.4, -0.2) is 69.0 Å². The molecule has 0 bridgehead atoms. The third-order valence-electron chi connectivity index (χ3n) is 6.25. The van der Waals surface area contributed by atoms with E-state index in [1.54, 1.807) is 12.5 Å². The van der Waals surface area contributed by atoms with Crippen molar-refractivity contribution in [3.05, 3.63) is 48.8 Å². The molecule has 2 aliphatic rings. The molecule has 0 aliphatic carbocycles. The highest BCUT2D eigenvalue weighted by molar-refractivity contribution is 5.78. The number of rotatable bonds is 7. The number of hydrogen-bond donors (Lipinski definition) is 1. The highest BCUT2D eigenvalue weighted by Gasteiger charge is 2.31. The minimum Gasteiger partial charge on any atom is -0.354 e. The van der Waals surface area contributed by atoms with Crippen molar-refractivity contribution in [1.29, 1.82) is 0 Å². The second-order valence-corrected chi connectivity index (χ2v) is 8.29. The molecule has 0 saturated carbocycles. The molecule has 2 fully saturated rings. The summed E-state index contributed by atoms with van der Waals surface area (Å²) in [5.41, 5.74) is 1.29. The van der Waals surface area contributed by atoms with Crippen LogP contribution in [0.5, 0.6) is 0 Å². The Hall–Kier alpha value is -2.25. The van der Waals surface area contributed by atoms with Gasteiger partial charge in [-0.05, 0) is 56.9 Å². The lowest BCUT2D eigenvalue weighted by Gasteiger charge is -2.42. The Morgan fingerprint density at radius 3 is 2.79 bits per heavy atom. The maximum Gasteiger partial charge on any atom is 0.224 e. The number of likely N-dealkylation sites (tertiary alicyclic amines) is 2. The van der Waals surface area contributed by atoms with Gasteiger partial charge in [0.15, 0.2) is 0 Å². The van der Waals surface area contributed by atoms with Crippen LogP contribution in [0.4, 0.5) is 0 Å². The lowest BCUT2D eigenvalue weighted by atomic mass is 9.93. The van der Waals surface area contributed by atoms with Crippen LogP contribution in [0.1, 0.15) is 31.2 Å². The van der Waals surface area contributed by atoms with Gasteiger partial charge in [-0.25, -0.2) is 4.98 Å². The lowest BCUT2D eigenvalue weighted by Crippen LogP contribution is -2.50. The van der Waals surface area contributed by atoms with E-state index in [9.17, 15) is 4.79 Å². The smallest absolute Gasteiger partial charge is 0.224 e. The number of pyridine rings is 1. The maximum absolute atomic E-state index is 12.6. The number of aromatic nitrogens is 3. The van der Waals surface area contributed by atoms with E-state index in [-0.39, 0.29) is 11.8 Å². The van der Waals surface area contributed by atoms with Gasteiger partial charge in [-0.3, -0.25) is 19.6 Å². The van der Waals surface area contributed by atoms with Gasteiger partial charge in [-0.1, -0.05) is 6.07 Å². The van der Waals surface area contributed by atoms with Crippen molar-refractivity contribution >= 4 is 5.91 Å². The Morgan fingerprint density at radius 1 is 1.14 bits per heavy atom. The summed E-state index contributed by atoms with van der Waals surface area (Å²) in [5.74, 6) is 0.337. The summed E-state index contributed by atoms with van der Waals surface area (Å²) in [6, 6.07) is 4.78. The van der Waals surface area contributed by atoms with Gasteiger partial charge in [-0.2, -0.15) is 0 Å². The van der Waals surface area contributed by atoms with Gasteiger partial charge in [0.25, 0.3) is 0 Å². The van der Waals surface area contributed by atoms with Gasteiger partial charge in [0.2, 0.25) is 5.91 Å². The van der Waals surface area contributed by atoms with Crippen molar-refractivity contribution in [2.45, 2.75) is 44.8 Å². The van der Waals surface area contributed by atoms with Crippen LogP contribution < -0.4 is 5.32 Å². The Bertz CT molecular complexity index is 742. The summed E-state index contributed by atoms with van der Waals surface area (Å²) in [7, 11) is 0. The molecule has 7 nitrogen and oxygen atoms in total. The maximum atomic E-state index is 12.6. The fourth-order valence-electron chi connectivity index (χ4n) is 4.62. The molecule has 2 aromatic heterocycles. The molecule has 0 radical (unpaired) electrons. The number of hydrogen-bond acceptors (Lipinski definition) is 5. The monoisotopic (exact) mass is 396 g/mol. The van der Waals surface area contributed by atoms with Crippen LogP contribution in [0.15, 0.2) is 43.2 Å².